The zero-order valence-corrected chi connectivity index (χ0v) is 13.2. The van der Waals surface area contributed by atoms with Gasteiger partial charge in [0.05, 0.1) is 16.6 Å². The van der Waals surface area contributed by atoms with Crippen LogP contribution in [0.25, 0.3) is 10.9 Å². The van der Waals surface area contributed by atoms with Crippen LogP contribution in [0.15, 0.2) is 42.7 Å². The summed E-state index contributed by atoms with van der Waals surface area (Å²) in [6.07, 6.45) is 4.94. The fourth-order valence-corrected chi connectivity index (χ4v) is 3.42. The van der Waals surface area contributed by atoms with E-state index >= 15 is 0 Å². The second kappa shape index (κ2) is 6.33. The van der Waals surface area contributed by atoms with Gasteiger partial charge in [-0.3, -0.25) is 4.98 Å². The number of hydrogen-bond donors (Lipinski definition) is 1. The summed E-state index contributed by atoms with van der Waals surface area (Å²) in [4.78, 5) is 10.1. The molecule has 1 aromatic carbocycles. The van der Waals surface area contributed by atoms with Crippen LogP contribution in [0.1, 0.15) is 34.8 Å². The molecule has 0 aliphatic rings. The van der Waals surface area contributed by atoms with E-state index in [2.05, 4.69) is 53.4 Å². The topological polar surface area (TPSA) is 37.8 Å². The number of rotatable bonds is 5. The smallest absolute Gasteiger partial charge is 0.0897 e. The van der Waals surface area contributed by atoms with Crippen LogP contribution in [0.4, 0.5) is 0 Å². The number of nitrogens with zero attached hydrogens (tertiary/aromatic N) is 2. The minimum atomic E-state index is 0.184. The normalized spacial score (nSPS) is 12.7. The third-order valence-electron chi connectivity index (χ3n) is 3.51. The first-order valence-corrected chi connectivity index (χ1v) is 8.10. The lowest BCUT2D eigenvalue weighted by molar-refractivity contribution is 0.608. The van der Waals surface area contributed by atoms with Crippen molar-refractivity contribution in [3.05, 3.63) is 58.2 Å². The Hall–Kier alpha value is -1.78. The average molecular weight is 297 g/mol. The lowest BCUT2D eigenvalue weighted by Crippen LogP contribution is -2.22. The minimum Gasteiger partial charge on any atom is -0.306 e. The molecule has 0 saturated heterocycles. The highest BCUT2D eigenvalue weighted by atomic mass is 32.1. The molecule has 1 unspecified atom stereocenters. The zero-order valence-electron chi connectivity index (χ0n) is 12.3. The summed E-state index contributed by atoms with van der Waals surface area (Å²) in [6.45, 7) is 5.22. The molecule has 0 amide bonds. The quantitative estimate of drug-likeness (QED) is 0.771. The van der Waals surface area contributed by atoms with Gasteiger partial charge in [-0.05, 0) is 37.6 Å². The molecule has 21 heavy (non-hydrogen) atoms. The van der Waals surface area contributed by atoms with Crippen molar-refractivity contribution in [3.63, 3.8) is 0 Å². The first-order valence-electron chi connectivity index (χ1n) is 7.29. The van der Waals surface area contributed by atoms with Crippen LogP contribution in [-0.2, 0) is 0 Å². The van der Waals surface area contributed by atoms with E-state index in [1.165, 1.54) is 15.8 Å². The summed E-state index contributed by atoms with van der Waals surface area (Å²) in [5.74, 6) is 0. The average Bonchev–Trinajstić information content (AvgIpc) is 2.94. The zero-order chi connectivity index (χ0) is 14.7. The highest BCUT2D eigenvalue weighted by Gasteiger charge is 2.18. The van der Waals surface area contributed by atoms with E-state index in [9.17, 15) is 0 Å². The molecule has 0 aliphatic heterocycles. The number of hydrogen-bond acceptors (Lipinski definition) is 4. The van der Waals surface area contributed by atoms with Crippen molar-refractivity contribution in [2.24, 2.45) is 0 Å². The summed E-state index contributed by atoms with van der Waals surface area (Å²) < 4.78 is 0. The highest BCUT2D eigenvalue weighted by Crippen LogP contribution is 2.31. The van der Waals surface area contributed by atoms with Crippen molar-refractivity contribution >= 4 is 22.2 Å². The molecule has 1 atom stereocenters. The standard InChI is InChI=1S/C17H19N3S/c1-3-9-19-17(16-11-20-12(2)21-16)14-6-4-8-15-13(14)7-5-10-18-15/h4-8,10-11,17,19H,3,9H2,1-2H3. The van der Waals surface area contributed by atoms with Crippen LogP contribution >= 0.6 is 11.3 Å². The monoisotopic (exact) mass is 297 g/mol. The molecule has 0 fully saturated rings. The molecule has 0 spiro atoms. The van der Waals surface area contributed by atoms with Crippen LogP contribution in [0, 0.1) is 6.92 Å². The largest absolute Gasteiger partial charge is 0.306 e. The molecule has 0 bridgehead atoms. The Kier molecular flexibility index (Phi) is 4.27. The summed E-state index contributed by atoms with van der Waals surface area (Å²) >= 11 is 1.76. The van der Waals surface area contributed by atoms with Crippen LogP contribution < -0.4 is 5.32 Å². The summed E-state index contributed by atoms with van der Waals surface area (Å²) in [5, 5.41) is 5.96. The van der Waals surface area contributed by atoms with Gasteiger partial charge in [0.15, 0.2) is 0 Å². The van der Waals surface area contributed by atoms with E-state index in [1.54, 1.807) is 11.3 Å². The molecule has 1 N–H and O–H groups in total. The van der Waals surface area contributed by atoms with Crippen molar-refractivity contribution < 1.29 is 0 Å². The molecular formula is C17H19N3S. The lowest BCUT2D eigenvalue weighted by atomic mass is 10.0. The van der Waals surface area contributed by atoms with Gasteiger partial charge in [0.25, 0.3) is 0 Å². The first kappa shape index (κ1) is 14.2. The van der Waals surface area contributed by atoms with Crippen molar-refractivity contribution in [2.45, 2.75) is 26.3 Å². The third-order valence-corrected chi connectivity index (χ3v) is 4.49. The number of aromatic nitrogens is 2. The van der Waals surface area contributed by atoms with E-state index < -0.39 is 0 Å². The minimum absolute atomic E-state index is 0.184. The Morgan fingerprint density at radius 3 is 2.86 bits per heavy atom. The predicted molar refractivity (Wildman–Crippen MR) is 88.7 cm³/mol. The van der Waals surface area contributed by atoms with E-state index in [0.29, 0.717) is 0 Å². The molecular weight excluding hydrogens is 278 g/mol. The summed E-state index contributed by atoms with van der Waals surface area (Å²) in [7, 11) is 0. The van der Waals surface area contributed by atoms with Gasteiger partial charge >= 0.3 is 0 Å². The van der Waals surface area contributed by atoms with Gasteiger partial charge in [-0.1, -0.05) is 25.1 Å². The Bertz CT molecular complexity index is 730. The molecule has 3 rings (SSSR count). The van der Waals surface area contributed by atoms with Crippen LogP contribution in [0.5, 0.6) is 0 Å². The number of thiazole rings is 1. The van der Waals surface area contributed by atoms with Crippen molar-refractivity contribution in [2.75, 3.05) is 6.54 Å². The van der Waals surface area contributed by atoms with Gasteiger partial charge in [-0.2, -0.15) is 0 Å². The van der Waals surface area contributed by atoms with Crippen LogP contribution in [-0.4, -0.2) is 16.5 Å². The maximum Gasteiger partial charge on any atom is 0.0897 e. The Balaban J connectivity index is 2.09. The molecule has 4 heteroatoms. The number of nitrogens with one attached hydrogen (secondary N) is 1. The molecule has 3 nitrogen and oxygen atoms in total. The van der Waals surface area contributed by atoms with E-state index in [4.69, 9.17) is 0 Å². The highest BCUT2D eigenvalue weighted by molar-refractivity contribution is 7.11. The number of fused-ring (bicyclic) bond motifs is 1. The van der Waals surface area contributed by atoms with E-state index in [-0.39, 0.29) is 6.04 Å². The van der Waals surface area contributed by atoms with Gasteiger partial charge in [-0.15, -0.1) is 11.3 Å². The third kappa shape index (κ3) is 2.96. The Morgan fingerprint density at radius 2 is 2.10 bits per heavy atom. The number of aryl methyl sites for hydroxylation is 1. The van der Waals surface area contributed by atoms with Gasteiger partial charge in [0, 0.05) is 22.7 Å². The molecule has 2 heterocycles. The molecule has 0 saturated carbocycles. The van der Waals surface area contributed by atoms with Crippen molar-refractivity contribution in [3.8, 4) is 0 Å². The molecule has 0 radical (unpaired) electrons. The number of pyridine rings is 1. The second-order valence-corrected chi connectivity index (χ2v) is 6.35. The van der Waals surface area contributed by atoms with Gasteiger partial charge < -0.3 is 5.32 Å². The predicted octanol–water partition coefficient (Wildman–Crippen LogP) is 4.09. The maximum atomic E-state index is 4.46. The van der Waals surface area contributed by atoms with Gasteiger partial charge in [0.2, 0.25) is 0 Å². The fraction of sp³-hybridized carbons (Fsp3) is 0.294. The second-order valence-electron chi connectivity index (χ2n) is 5.09. The SMILES string of the molecule is CCCNC(c1cnc(C)s1)c1cccc2ncccc12. The first-order chi connectivity index (χ1) is 10.3. The molecule has 3 aromatic rings. The van der Waals surface area contributed by atoms with Crippen LogP contribution in [0.2, 0.25) is 0 Å². The van der Waals surface area contributed by atoms with Crippen molar-refractivity contribution in [1.82, 2.24) is 15.3 Å². The molecule has 0 aliphatic carbocycles. The summed E-state index contributed by atoms with van der Waals surface area (Å²) in [5.41, 5.74) is 2.32. The van der Waals surface area contributed by atoms with Crippen molar-refractivity contribution in [1.29, 1.82) is 0 Å². The number of benzene rings is 1. The van der Waals surface area contributed by atoms with E-state index in [1.807, 2.05) is 18.5 Å². The lowest BCUT2D eigenvalue weighted by Gasteiger charge is -2.19. The molecule has 108 valence electrons. The maximum absolute atomic E-state index is 4.46. The van der Waals surface area contributed by atoms with Crippen LogP contribution in [0.3, 0.4) is 0 Å². The van der Waals surface area contributed by atoms with Gasteiger partial charge in [0.1, 0.15) is 0 Å². The van der Waals surface area contributed by atoms with E-state index in [0.717, 1.165) is 23.5 Å². The Labute approximate surface area is 129 Å². The molecule has 2 aromatic heterocycles. The Morgan fingerprint density at radius 1 is 1.19 bits per heavy atom. The fourth-order valence-electron chi connectivity index (χ4n) is 2.54. The van der Waals surface area contributed by atoms with Gasteiger partial charge in [-0.25, -0.2) is 4.98 Å². The summed E-state index contributed by atoms with van der Waals surface area (Å²) in [6, 6.07) is 10.7.